The quantitative estimate of drug-likeness (QED) is 0.175. The minimum Gasteiger partial charge on any atom is -0.456 e. The molecule has 0 saturated heterocycles. The van der Waals surface area contributed by atoms with Crippen LogP contribution in [0, 0.1) is 0 Å². The lowest BCUT2D eigenvalue weighted by atomic mass is 9.65. The maximum atomic E-state index is 7.19. The Hall–Kier alpha value is -7.88. The van der Waals surface area contributed by atoms with E-state index in [0.29, 0.717) is 5.82 Å². The van der Waals surface area contributed by atoms with Gasteiger partial charge in [0.15, 0.2) is 5.82 Å². The molecule has 0 amide bonds. The average molecular weight is 765 g/mol. The van der Waals surface area contributed by atoms with Crippen molar-refractivity contribution in [1.29, 1.82) is 0 Å². The van der Waals surface area contributed by atoms with Crippen molar-refractivity contribution in [3.63, 3.8) is 0 Å². The predicted octanol–water partition coefficient (Wildman–Crippen LogP) is 14.4. The lowest BCUT2D eigenvalue weighted by Crippen LogP contribution is -2.32. The number of ether oxygens (including phenoxy) is 1. The number of aromatic nitrogens is 2. The molecule has 2 heterocycles. The van der Waals surface area contributed by atoms with E-state index in [4.69, 9.17) is 14.7 Å². The molecule has 0 bridgehead atoms. The van der Waals surface area contributed by atoms with Crippen LogP contribution in [0.15, 0.2) is 218 Å². The largest absolute Gasteiger partial charge is 0.456 e. The van der Waals surface area contributed by atoms with Crippen molar-refractivity contribution in [2.24, 2.45) is 0 Å². The topological polar surface area (TPSA) is 35.0 Å². The minimum atomic E-state index is -0.561. The van der Waals surface area contributed by atoms with Gasteiger partial charge in [-0.2, -0.15) is 0 Å². The second-order valence-electron chi connectivity index (χ2n) is 15.7. The zero-order chi connectivity index (χ0) is 39.6. The van der Waals surface area contributed by atoms with Gasteiger partial charge in [-0.15, -0.1) is 0 Å². The molecule has 1 spiro atoms. The van der Waals surface area contributed by atoms with Crippen LogP contribution in [0.25, 0.3) is 78.1 Å². The summed E-state index contributed by atoms with van der Waals surface area (Å²) in [5.41, 5.74) is 16.0. The molecular weight excluding hydrogens is 729 g/mol. The highest BCUT2D eigenvalue weighted by atomic mass is 16.5. The van der Waals surface area contributed by atoms with Crippen LogP contribution in [-0.4, -0.2) is 9.97 Å². The molecule has 9 aromatic carbocycles. The molecule has 1 aliphatic carbocycles. The van der Waals surface area contributed by atoms with Gasteiger partial charge < -0.3 is 4.74 Å². The Morgan fingerprint density at radius 2 is 0.783 bits per heavy atom. The lowest BCUT2D eigenvalue weighted by Gasteiger charge is -2.40. The molecule has 2 aliphatic rings. The summed E-state index contributed by atoms with van der Waals surface area (Å²) in [6, 6.07) is 77.8. The van der Waals surface area contributed by atoms with E-state index >= 15 is 0 Å². The van der Waals surface area contributed by atoms with Crippen molar-refractivity contribution >= 4 is 10.8 Å². The normalized spacial score (nSPS) is 12.9. The summed E-state index contributed by atoms with van der Waals surface area (Å²) >= 11 is 0. The van der Waals surface area contributed by atoms with Gasteiger partial charge in [-0.05, 0) is 80.0 Å². The van der Waals surface area contributed by atoms with Crippen LogP contribution < -0.4 is 4.74 Å². The summed E-state index contributed by atoms with van der Waals surface area (Å²) in [4.78, 5) is 10.2. The molecule has 0 unspecified atom stereocenters. The number of hydrogen-bond donors (Lipinski definition) is 0. The van der Waals surface area contributed by atoms with Crippen LogP contribution in [-0.2, 0) is 5.41 Å². The number of nitrogens with zero attached hydrogens (tertiary/aromatic N) is 2. The summed E-state index contributed by atoms with van der Waals surface area (Å²) in [5.74, 6) is 2.46. The van der Waals surface area contributed by atoms with Crippen molar-refractivity contribution < 1.29 is 4.74 Å². The number of rotatable bonds is 5. The fraction of sp³-hybridized carbons (Fsp3) is 0.0175. The minimum absolute atomic E-state index is 0.561. The van der Waals surface area contributed by atoms with E-state index in [9.17, 15) is 0 Å². The molecule has 0 saturated carbocycles. The monoisotopic (exact) mass is 764 g/mol. The number of hydrogen-bond acceptors (Lipinski definition) is 3. The van der Waals surface area contributed by atoms with Crippen molar-refractivity contribution in [3.8, 4) is 78.8 Å². The van der Waals surface area contributed by atoms with E-state index in [2.05, 4.69) is 182 Å². The van der Waals surface area contributed by atoms with Crippen LogP contribution >= 0.6 is 0 Å². The molecular formula is C57H36N2O. The Morgan fingerprint density at radius 3 is 1.43 bits per heavy atom. The third-order valence-electron chi connectivity index (χ3n) is 12.3. The van der Waals surface area contributed by atoms with Crippen LogP contribution in [0.3, 0.4) is 0 Å². The first-order valence-electron chi connectivity index (χ1n) is 20.5. The first-order valence-corrected chi connectivity index (χ1v) is 20.5. The molecule has 0 atom stereocenters. The SMILES string of the molecule is c1ccc(-c2cc(-c3ccccc3)nc(-c3cccc(-c4cccc(-c5cccc6c5Oc5cc7ccccc7cc5C65c6ccccc6-c6ccccc65)c4)c3)n2)cc1. The molecule has 1 aromatic heterocycles. The van der Waals surface area contributed by atoms with Crippen molar-refractivity contribution in [1.82, 2.24) is 9.97 Å². The molecule has 1 aliphatic heterocycles. The van der Waals surface area contributed by atoms with E-state index in [1.54, 1.807) is 0 Å². The number of para-hydroxylation sites is 1. The molecule has 0 N–H and O–H groups in total. The zero-order valence-electron chi connectivity index (χ0n) is 32.6. The predicted molar refractivity (Wildman–Crippen MR) is 244 cm³/mol. The second-order valence-corrected chi connectivity index (χ2v) is 15.7. The van der Waals surface area contributed by atoms with Gasteiger partial charge in [-0.1, -0.05) is 188 Å². The number of fused-ring (bicyclic) bond motifs is 10. The maximum Gasteiger partial charge on any atom is 0.160 e. The molecule has 280 valence electrons. The first-order chi connectivity index (χ1) is 29.7. The second kappa shape index (κ2) is 13.6. The van der Waals surface area contributed by atoms with E-state index in [-0.39, 0.29) is 0 Å². The number of benzene rings is 9. The van der Waals surface area contributed by atoms with Gasteiger partial charge in [0.2, 0.25) is 0 Å². The van der Waals surface area contributed by atoms with Crippen LogP contribution in [0.4, 0.5) is 0 Å². The summed E-state index contributed by atoms with van der Waals surface area (Å²) in [7, 11) is 0. The summed E-state index contributed by atoms with van der Waals surface area (Å²) in [6.45, 7) is 0. The molecule has 3 heteroatoms. The highest BCUT2D eigenvalue weighted by Crippen LogP contribution is 2.63. The molecule has 10 aromatic rings. The lowest BCUT2D eigenvalue weighted by molar-refractivity contribution is 0.439. The van der Waals surface area contributed by atoms with Gasteiger partial charge >= 0.3 is 0 Å². The fourth-order valence-corrected chi connectivity index (χ4v) is 9.63. The zero-order valence-corrected chi connectivity index (χ0v) is 32.6. The van der Waals surface area contributed by atoms with Gasteiger partial charge in [-0.3, -0.25) is 0 Å². The van der Waals surface area contributed by atoms with Crippen LogP contribution in [0.2, 0.25) is 0 Å². The van der Waals surface area contributed by atoms with E-state index in [1.165, 1.54) is 33.2 Å². The van der Waals surface area contributed by atoms with Crippen LogP contribution in [0.5, 0.6) is 11.5 Å². The van der Waals surface area contributed by atoms with E-state index in [0.717, 1.165) is 72.8 Å². The van der Waals surface area contributed by atoms with E-state index in [1.807, 2.05) is 36.4 Å². The van der Waals surface area contributed by atoms with Gasteiger partial charge in [-0.25, -0.2) is 9.97 Å². The molecule has 12 rings (SSSR count). The Labute approximate surface area is 348 Å². The molecule has 60 heavy (non-hydrogen) atoms. The smallest absolute Gasteiger partial charge is 0.160 e. The van der Waals surface area contributed by atoms with Crippen LogP contribution in [0.1, 0.15) is 22.3 Å². The highest BCUT2D eigenvalue weighted by Gasteiger charge is 2.51. The highest BCUT2D eigenvalue weighted by molar-refractivity contribution is 5.94. The van der Waals surface area contributed by atoms with Crippen molar-refractivity contribution in [2.75, 3.05) is 0 Å². The van der Waals surface area contributed by atoms with Gasteiger partial charge in [0.05, 0.1) is 16.8 Å². The average Bonchev–Trinajstić information content (AvgIpc) is 3.62. The summed E-state index contributed by atoms with van der Waals surface area (Å²) in [5, 5.41) is 2.35. The van der Waals surface area contributed by atoms with Crippen molar-refractivity contribution in [3.05, 3.63) is 241 Å². The van der Waals surface area contributed by atoms with Gasteiger partial charge in [0, 0.05) is 33.4 Å². The summed E-state index contributed by atoms with van der Waals surface area (Å²) in [6.07, 6.45) is 0. The first kappa shape index (κ1) is 34.2. The van der Waals surface area contributed by atoms with E-state index < -0.39 is 5.41 Å². The van der Waals surface area contributed by atoms with Gasteiger partial charge in [0.1, 0.15) is 11.5 Å². The molecule has 0 fully saturated rings. The fourth-order valence-electron chi connectivity index (χ4n) is 9.63. The molecule has 3 nitrogen and oxygen atoms in total. The van der Waals surface area contributed by atoms with Gasteiger partial charge in [0.25, 0.3) is 0 Å². The Kier molecular flexibility index (Phi) is 7.76. The standard InChI is InChI=1S/C57H36N2O/c1-3-16-37(17-4-1)52-36-53(38-18-5-2-6-19-38)59-56(58-52)44-25-14-23-40(33-44)39-22-13-24-43(32-39)45-28-15-31-50-55(45)60-54-35-42-21-8-7-20-41(42)34-51(54)57(50)48-29-11-9-26-46(48)47-27-10-12-30-49(47)57/h1-36H. The maximum absolute atomic E-state index is 7.19. The van der Waals surface area contributed by atoms with Crippen molar-refractivity contribution in [2.45, 2.75) is 5.41 Å². The third-order valence-corrected chi connectivity index (χ3v) is 12.3. The third kappa shape index (κ3) is 5.30. The molecule has 0 radical (unpaired) electrons. The Bertz CT molecular complexity index is 3190. The summed E-state index contributed by atoms with van der Waals surface area (Å²) < 4.78 is 7.19. The Balaban J connectivity index is 1.01. The Morgan fingerprint density at radius 1 is 0.317 bits per heavy atom.